The summed E-state index contributed by atoms with van der Waals surface area (Å²) < 4.78 is 11.2. The highest BCUT2D eigenvalue weighted by atomic mass is 16.6. The van der Waals surface area contributed by atoms with Gasteiger partial charge in [0.25, 0.3) is 0 Å². The van der Waals surface area contributed by atoms with Crippen molar-refractivity contribution < 1.29 is 9.47 Å². The molecule has 0 saturated heterocycles. The van der Waals surface area contributed by atoms with E-state index in [1.807, 2.05) is 18.2 Å². The normalized spacial score (nSPS) is 13.3. The number of nitrogens with one attached hydrogen (secondary N) is 1. The fourth-order valence-corrected chi connectivity index (χ4v) is 2.55. The van der Waals surface area contributed by atoms with Crippen molar-refractivity contribution >= 4 is 5.70 Å². The van der Waals surface area contributed by atoms with Crippen molar-refractivity contribution in [2.75, 3.05) is 13.2 Å². The van der Waals surface area contributed by atoms with Crippen LogP contribution in [0, 0.1) is 0 Å². The molecule has 0 fully saturated rings. The van der Waals surface area contributed by atoms with Crippen molar-refractivity contribution in [2.45, 2.75) is 45.6 Å². The summed E-state index contributed by atoms with van der Waals surface area (Å²) >= 11 is 0. The van der Waals surface area contributed by atoms with Crippen LogP contribution in [0.2, 0.25) is 0 Å². The van der Waals surface area contributed by atoms with Gasteiger partial charge in [-0.3, -0.25) is 0 Å². The summed E-state index contributed by atoms with van der Waals surface area (Å²) in [5, 5.41) is 3.55. The molecule has 2 rings (SSSR count). The van der Waals surface area contributed by atoms with Crippen LogP contribution in [0.15, 0.2) is 24.8 Å². The maximum Gasteiger partial charge on any atom is 0.162 e. The second kappa shape index (κ2) is 7.22. The molecule has 0 radical (unpaired) electrons. The van der Waals surface area contributed by atoms with Gasteiger partial charge in [0.15, 0.2) is 11.5 Å². The molecule has 0 unspecified atom stereocenters. The van der Waals surface area contributed by atoms with E-state index < -0.39 is 0 Å². The number of rotatable bonds is 7. The van der Waals surface area contributed by atoms with E-state index in [2.05, 4.69) is 25.7 Å². The summed E-state index contributed by atoms with van der Waals surface area (Å²) in [7, 11) is 0. The Bertz CT molecular complexity index is 450. The third-order valence-electron chi connectivity index (χ3n) is 3.54. The predicted molar refractivity (Wildman–Crippen MR) is 83.2 cm³/mol. The molecule has 1 aromatic carbocycles. The van der Waals surface area contributed by atoms with Crippen molar-refractivity contribution in [3.8, 4) is 11.5 Å². The van der Waals surface area contributed by atoms with Gasteiger partial charge in [0.2, 0.25) is 0 Å². The minimum Gasteiger partial charge on any atom is -0.486 e. The van der Waals surface area contributed by atoms with Crippen LogP contribution in [0.25, 0.3) is 5.70 Å². The van der Waals surface area contributed by atoms with Gasteiger partial charge in [0.05, 0.1) is 0 Å². The number of ether oxygens (including phenoxy) is 2. The molecular formula is C17H25NO2. The first-order chi connectivity index (χ1) is 9.74. The SMILES string of the molecule is C=C(NC(CCC)CCC)c1ccc2c(c1)OCCO2. The fourth-order valence-electron chi connectivity index (χ4n) is 2.55. The van der Waals surface area contributed by atoms with Gasteiger partial charge < -0.3 is 14.8 Å². The molecule has 0 aliphatic carbocycles. The van der Waals surface area contributed by atoms with Gasteiger partial charge in [-0.15, -0.1) is 0 Å². The maximum absolute atomic E-state index is 5.62. The van der Waals surface area contributed by atoms with Gasteiger partial charge in [-0.05, 0) is 31.0 Å². The highest BCUT2D eigenvalue weighted by Crippen LogP contribution is 2.32. The van der Waals surface area contributed by atoms with E-state index in [1.54, 1.807) is 0 Å². The highest BCUT2D eigenvalue weighted by Gasteiger charge is 2.14. The molecular weight excluding hydrogens is 250 g/mol. The van der Waals surface area contributed by atoms with Crippen LogP contribution in [0.4, 0.5) is 0 Å². The Balaban J connectivity index is 2.04. The quantitative estimate of drug-likeness (QED) is 0.816. The Kier molecular flexibility index (Phi) is 5.33. The summed E-state index contributed by atoms with van der Waals surface area (Å²) in [5.74, 6) is 1.64. The van der Waals surface area contributed by atoms with Crippen molar-refractivity contribution in [2.24, 2.45) is 0 Å². The molecule has 1 heterocycles. The molecule has 0 aromatic heterocycles. The third kappa shape index (κ3) is 3.69. The lowest BCUT2D eigenvalue weighted by Crippen LogP contribution is -2.27. The minimum atomic E-state index is 0.505. The Morgan fingerprint density at radius 1 is 1.15 bits per heavy atom. The minimum absolute atomic E-state index is 0.505. The Morgan fingerprint density at radius 2 is 1.80 bits per heavy atom. The molecule has 20 heavy (non-hydrogen) atoms. The second-order valence-corrected chi connectivity index (χ2v) is 5.26. The van der Waals surface area contributed by atoms with Gasteiger partial charge in [0.1, 0.15) is 13.2 Å². The van der Waals surface area contributed by atoms with E-state index in [0.29, 0.717) is 19.3 Å². The van der Waals surface area contributed by atoms with E-state index in [9.17, 15) is 0 Å². The summed E-state index contributed by atoms with van der Waals surface area (Å²) in [6.07, 6.45) is 4.73. The number of fused-ring (bicyclic) bond motifs is 1. The van der Waals surface area contributed by atoms with Crippen LogP contribution in [0.3, 0.4) is 0 Å². The molecule has 0 atom stereocenters. The molecule has 1 aliphatic heterocycles. The van der Waals surface area contributed by atoms with Crippen LogP contribution < -0.4 is 14.8 Å². The molecule has 0 bridgehead atoms. The summed E-state index contributed by atoms with van der Waals surface area (Å²) in [6, 6.07) is 6.52. The number of benzene rings is 1. The monoisotopic (exact) mass is 275 g/mol. The van der Waals surface area contributed by atoms with Crippen molar-refractivity contribution in [1.82, 2.24) is 5.32 Å². The van der Waals surface area contributed by atoms with E-state index >= 15 is 0 Å². The lowest BCUT2D eigenvalue weighted by molar-refractivity contribution is 0.171. The zero-order valence-electron chi connectivity index (χ0n) is 12.6. The fraction of sp³-hybridized carbons (Fsp3) is 0.529. The number of hydrogen-bond donors (Lipinski definition) is 1. The highest BCUT2D eigenvalue weighted by molar-refractivity contribution is 5.65. The Morgan fingerprint density at radius 3 is 2.45 bits per heavy atom. The largest absolute Gasteiger partial charge is 0.486 e. The molecule has 0 amide bonds. The van der Waals surface area contributed by atoms with Crippen LogP contribution in [-0.2, 0) is 0 Å². The van der Waals surface area contributed by atoms with E-state index in [0.717, 1.165) is 22.8 Å². The molecule has 1 N–H and O–H groups in total. The number of hydrogen-bond acceptors (Lipinski definition) is 3. The Hall–Kier alpha value is -1.64. The second-order valence-electron chi connectivity index (χ2n) is 5.26. The van der Waals surface area contributed by atoms with E-state index in [4.69, 9.17) is 9.47 Å². The molecule has 3 nitrogen and oxygen atoms in total. The zero-order valence-corrected chi connectivity index (χ0v) is 12.6. The van der Waals surface area contributed by atoms with Crippen LogP contribution in [0.1, 0.15) is 45.1 Å². The predicted octanol–water partition coefficient (Wildman–Crippen LogP) is 3.99. The summed E-state index contributed by atoms with van der Waals surface area (Å²) in [5.41, 5.74) is 2.04. The molecule has 1 aliphatic rings. The maximum atomic E-state index is 5.62. The van der Waals surface area contributed by atoms with Gasteiger partial charge in [0, 0.05) is 17.3 Å². The van der Waals surface area contributed by atoms with Crippen LogP contribution in [-0.4, -0.2) is 19.3 Å². The van der Waals surface area contributed by atoms with Crippen molar-refractivity contribution in [3.05, 3.63) is 30.3 Å². The standard InChI is InChI=1S/C17H25NO2/c1-4-6-15(7-5-2)18-13(3)14-8-9-16-17(12-14)20-11-10-19-16/h8-9,12,15,18H,3-7,10-11H2,1-2H3. The average Bonchev–Trinajstić information content (AvgIpc) is 2.47. The third-order valence-corrected chi connectivity index (χ3v) is 3.54. The van der Waals surface area contributed by atoms with Gasteiger partial charge in [-0.1, -0.05) is 33.3 Å². The van der Waals surface area contributed by atoms with Gasteiger partial charge >= 0.3 is 0 Å². The van der Waals surface area contributed by atoms with Crippen LogP contribution >= 0.6 is 0 Å². The smallest absolute Gasteiger partial charge is 0.162 e. The molecule has 110 valence electrons. The molecule has 0 saturated carbocycles. The summed E-state index contributed by atoms with van der Waals surface area (Å²) in [4.78, 5) is 0. The summed E-state index contributed by atoms with van der Waals surface area (Å²) in [6.45, 7) is 9.85. The first kappa shape index (κ1) is 14.8. The van der Waals surface area contributed by atoms with E-state index in [1.165, 1.54) is 25.7 Å². The Labute approximate surface area is 122 Å². The van der Waals surface area contributed by atoms with Crippen LogP contribution in [0.5, 0.6) is 11.5 Å². The van der Waals surface area contributed by atoms with Crippen molar-refractivity contribution in [1.29, 1.82) is 0 Å². The lowest BCUT2D eigenvalue weighted by atomic mass is 10.0. The first-order valence-corrected chi connectivity index (χ1v) is 7.60. The molecule has 0 spiro atoms. The van der Waals surface area contributed by atoms with Crippen molar-refractivity contribution in [3.63, 3.8) is 0 Å². The first-order valence-electron chi connectivity index (χ1n) is 7.60. The molecule has 1 aromatic rings. The average molecular weight is 275 g/mol. The van der Waals surface area contributed by atoms with Gasteiger partial charge in [-0.25, -0.2) is 0 Å². The van der Waals surface area contributed by atoms with Gasteiger partial charge in [-0.2, -0.15) is 0 Å². The molecule has 3 heteroatoms. The zero-order chi connectivity index (χ0) is 14.4. The lowest BCUT2D eigenvalue weighted by Gasteiger charge is -2.22. The van der Waals surface area contributed by atoms with E-state index in [-0.39, 0.29) is 0 Å². The topological polar surface area (TPSA) is 30.5 Å².